The molecule has 186 valence electrons. The lowest BCUT2D eigenvalue weighted by Gasteiger charge is -2.29. The van der Waals surface area contributed by atoms with Gasteiger partial charge in [-0.3, -0.25) is 9.59 Å². The molecule has 2 amide bonds. The molecule has 0 saturated carbocycles. The summed E-state index contributed by atoms with van der Waals surface area (Å²) in [6.07, 6.45) is 1.03. The molecule has 2 N–H and O–H groups in total. The molecule has 1 heterocycles. The average molecular weight is 481 g/mol. The van der Waals surface area contributed by atoms with Crippen LogP contribution in [0.15, 0.2) is 48.5 Å². The van der Waals surface area contributed by atoms with Crippen LogP contribution in [0.4, 0.5) is 4.79 Å². The normalized spacial score (nSPS) is 18.5. The summed E-state index contributed by atoms with van der Waals surface area (Å²) in [6, 6.07) is 15.9. The lowest BCUT2D eigenvalue weighted by molar-refractivity contribution is -0.145. The summed E-state index contributed by atoms with van der Waals surface area (Å²) in [6.45, 7) is 3.33. The summed E-state index contributed by atoms with van der Waals surface area (Å²) in [5, 5.41) is 12.1. The van der Waals surface area contributed by atoms with E-state index in [1.807, 2.05) is 31.2 Å². The number of amides is 2. The topological polar surface area (TPSA) is 105 Å². The molecule has 0 radical (unpaired) electrons. The van der Waals surface area contributed by atoms with E-state index < -0.39 is 24.0 Å². The Hall–Kier alpha value is -3.39. The van der Waals surface area contributed by atoms with Crippen molar-refractivity contribution in [3.05, 3.63) is 59.7 Å². The second-order valence-corrected chi connectivity index (χ2v) is 8.94. The van der Waals surface area contributed by atoms with Crippen LogP contribution in [-0.4, -0.2) is 66.9 Å². The van der Waals surface area contributed by atoms with Gasteiger partial charge in [0.15, 0.2) is 0 Å². The second kappa shape index (κ2) is 11.4. The van der Waals surface area contributed by atoms with E-state index in [0.29, 0.717) is 32.4 Å². The fourth-order valence-corrected chi connectivity index (χ4v) is 5.07. The maximum absolute atomic E-state index is 12.6. The van der Waals surface area contributed by atoms with Crippen LogP contribution < -0.4 is 5.32 Å². The number of unbranched alkanes of at least 4 members (excludes halogenated alkanes) is 1. The number of aliphatic carboxylic acids is 1. The third-order valence-electron chi connectivity index (χ3n) is 6.86. The summed E-state index contributed by atoms with van der Waals surface area (Å²) in [7, 11) is 0. The van der Waals surface area contributed by atoms with Crippen LogP contribution in [-0.2, 0) is 19.1 Å². The molecular formula is C27H32N2O6. The van der Waals surface area contributed by atoms with Crippen LogP contribution in [0.25, 0.3) is 11.1 Å². The first-order chi connectivity index (χ1) is 17.0. The van der Waals surface area contributed by atoms with Gasteiger partial charge in [0, 0.05) is 25.4 Å². The minimum Gasteiger partial charge on any atom is -0.481 e. The van der Waals surface area contributed by atoms with Crippen molar-refractivity contribution in [2.45, 2.75) is 38.1 Å². The molecule has 35 heavy (non-hydrogen) atoms. The number of fused-ring (bicyclic) bond motifs is 3. The van der Waals surface area contributed by atoms with Crippen LogP contribution in [0.2, 0.25) is 0 Å². The van der Waals surface area contributed by atoms with E-state index in [9.17, 15) is 19.5 Å². The highest BCUT2D eigenvalue weighted by atomic mass is 16.5. The van der Waals surface area contributed by atoms with E-state index in [1.54, 1.807) is 4.90 Å². The highest BCUT2D eigenvalue weighted by Crippen LogP contribution is 2.44. The van der Waals surface area contributed by atoms with Crippen molar-refractivity contribution in [3.63, 3.8) is 0 Å². The third kappa shape index (κ3) is 5.48. The molecule has 2 aromatic carbocycles. The summed E-state index contributed by atoms with van der Waals surface area (Å²) in [5.41, 5.74) is 4.69. The Labute approximate surface area is 205 Å². The van der Waals surface area contributed by atoms with E-state index in [0.717, 1.165) is 0 Å². The van der Waals surface area contributed by atoms with Gasteiger partial charge in [0.2, 0.25) is 5.91 Å². The number of carbonyl (C=O) groups is 3. The van der Waals surface area contributed by atoms with E-state index in [-0.39, 0.29) is 31.6 Å². The molecule has 0 bridgehead atoms. The Balaban J connectivity index is 1.19. The number of benzene rings is 2. The van der Waals surface area contributed by atoms with E-state index in [4.69, 9.17) is 9.47 Å². The quantitative estimate of drug-likeness (QED) is 0.503. The molecule has 0 aromatic heterocycles. The van der Waals surface area contributed by atoms with Crippen molar-refractivity contribution in [3.8, 4) is 11.1 Å². The summed E-state index contributed by atoms with van der Waals surface area (Å²) in [4.78, 5) is 37.9. The fraction of sp³-hybridized carbons (Fsp3) is 0.444. The molecule has 8 heteroatoms. The number of nitrogens with one attached hydrogen (secondary N) is 1. The Morgan fingerprint density at radius 2 is 1.69 bits per heavy atom. The number of likely N-dealkylation sites (N-methyl/N-ethyl adjacent to an activating group) is 1. The van der Waals surface area contributed by atoms with Gasteiger partial charge in [0.1, 0.15) is 12.5 Å². The van der Waals surface area contributed by atoms with Crippen LogP contribution in [0, 0.1) is 5.92 Å². The fourth-order valence-electron chi connectivity index (χ4n) is 5.07. The van der Waals surface area contributed by atoms with Gasteiger partial charge in [0.25, 0.3) is 0 Å². The zero-order chi connectivity index (χ0) is 24.8. The van der Waals surface area contributed by atoms with Gasteiger partial charge in [0.05, 0.1) is 19.3 Å². The van der Waals surface area contributed by atoms with E-state index in [2.05, 4.69) is 29.6 Å². The van der Waals surface area contributed by atoms with Crippen molar-refractivity contribution in [1.29, 1.82) is 0 Å². The van der Waals surface area contributed by atoms with Gasteiger partial charge in [-0.15, -0.1) is 0 Å². The van der Waals surface area contributed by atoms with Gasteiger partial charge >= 0.3 is 12.1 Å². The van der Waals surface area contributed by atoms with Crippen LogP contribution in [0.5, 0.6) is 0 Å². The van der Waals surface area contributed by atoms with E-state index in [1.165, 1.54) is 22.3 Å². The summed E-state index contributed by atoms with van der Waals surface area (Å²) < 4.78 is 10.8. The third-order valence-corrected chi connectivity index (χ3v) is 6.86. The first-order valence-corrected chi connectivity index (χ1v) is 12.2. The first kappa shape index (κ1) is 24.7. The molecule has 1 saturated heterocycles. The predicted octanol–water partition coefficient (Wildman–Crippen LogP) is 3.64. The maximum atomic E-state index is 12.6. The Bertz CT molecular complexity index is 1030. The standard InChI is InChI=1S/C27H32N2O6/c1-2-29(24-17-34-15-23(24)26(31)32)25(30)13-7-8-14-28-27(33)35-16-22-20-11-5-3-9-18(20)19-10-4-6-12-21(19)22/h3-6,9-12,22-24H,2,7-8,13-17H2,1H3,(H,28,33)(H,31,32). The number of rotatable bonds is 10. The molecule has 2 aromatic rings. The van der Waals surface area contributed by atoms with Crippen molar-refractivity contribution < 1.29 is 29.0 Å². The number of nitrogens with zero attached hydrogens (tertiary/aromatic N) is 1. The molecule has 4 rings (SSSR count). The average Bonchev–Trinajstić information content (AvgIpc) is 3.46. The molecule has 2 atom stereocenters. The minimum absolute atomic E-state index is 0.0139. The lowest BCUT2D eigenvalue weighted by Crippen LogP contribution is -2.46. The van der Waals surface area contributed by atoms with Crippen molar-refractivity contribution >= 4 is 18.0 Å². The summed E-state index contributed by atoms with van der Waals surface area (Å²) in [5.74, 6) is -1.70. The van der Waals surface area contributed by atoms with Crippen LogP contribution >= 0.6 is 0 Å². The van der Waals surface area contributed by atoms with Gasteiger partial charge in [-0.05, 0) is 42.0 Å². The largest absolute Gasteiger partial charge is 0.481 e. The number of carbonyl (C=O) groups excluding carboxylic acids is 2. The van der Waals surface area contributed by atoms with Gasteiger partial charge < -0.3 is 24.8 Å². The van der Waals surface area contributed by atoms with E-state index >= 15 is 0 Å². The number of ether oxygens (including phenoxy) is 2. The molecular weight excluding hydrogens is 448 g/mol. The minimum atomic E-state index is -0.939. The SMILES string of the molecule is CCN(C(=O)CCCCNC(=O)OCC1c2ccccc2-c2ccccc21)C1COCC1C(=O)O. The highest BCUT2D eigenvalue weighted by molar-refractivity contribution is 5.79. The Morgan fingerprint density at radius 1 is 1.03 bits per heavy atom. The first-order valence-electron chi connectivity index (χ1n) is 12.2. The Kier molecular flexibility index (Phi) is 8.02. The Morgan fingerprint density at radius 3 is 2.31 bits per heavy atom. The number of carboxylic acids is 1. The van der Waals surface area contributed by atoms with Crippen molar-refractivity contribution in [2.24, 2.45) is 5.92 Å². The monoisotopic (exact) mass is 480 g/mol. The maximum Gasteiger partial charge on any atom is 0.407 e. The van der Waals surface area contributed by atoms with Crippen LogP contribution in [0.1, 0.15) is 43.2 Å². The highest BCUT2D eigenvalue weighted by Gasteiger charge is 2.39. The van der Waals surface area contributed by atoms with Crippen molar-refractivity contribution in [2.75, 3.05) is 32.9 Å². The molecule has 1 aliphatic carbocycles. The predicted molar refractivity (Wildman–Crippen MR) is 130 cm³/mol. The number of alkyl carbamates (subject to hydrolysis) is 1. The smallest absolute Gasteiger partial charge is 0.407 e. The zero-order valence-corrected chi connectivity index (χ0v) is 19.9. The molecule has 1 aliphatic heterocycles. The number of carboxylic acid groups (broad SMARTS) is 1. The number of hydrogen-bond donors (Lipinski definition) is 2. The van der Waals surface area contributed by atoms with Crippen LogP contribution in [0.3, 0.4) is 0 Å². The molecule has 0 spiro atoms. The van der Waals surface area contributed by atoms with Gasteiger partial charge in [-0.1, -0.05) is 48.5 Å². The number of hydrogen-bond acceptors (Lipinski definition) is 5. The molecule has 2 unspecified atom stereocenters. The van der Waals surface area contributed by atoms with Crippen molar-refractivity contribution in [1.82, 2.24) is 10.2 Å². The molecule has 8 nitrogen and oxygen atoms in total. The molecule has 2 aliphatic rings. The molecule has 1 fully saturated rings. The van der Waals surface area contributed by atoms with Gasteiger partial charge in [-0.2, -0.15) is 0 Å². The second-order valence-electron chi connectivity index (χ2n) is 8.94. The zero-order valence-electron chi connectivity index (χ0n) is 19.9. The summed E-state index contributed by atoms with van der Waals surface area (Å²) >= 11 is 0. The van der Waals surface area contributed by atoms with Gasteiger partial charge in [-0.25, -0.2) is 4.79 Å². The lowest BCUT2D eigenvalue weighted by atomic mass is 9.98.